The maximum Gasteiger partial charge on any atom is 0.350 e. The lowest BCUT2D eigenvalue weighted by Crippen LogP contribution is -2.37. The Hall–Kier alpha value is -0.110. The molecule has 0 spiro atoms. The number of benzene rings is 1. The molecule has 122 valence electrons. The monoisotopic (exact) mass is 405 g/mol. The number of nitrogens with zero attached hydrogens (tertiary/aromatic N) is 2. The number of anilines is 1. The molecule has 1 unspecified atom stereocenters. The number of rotatable bonds is 5. The molecule has 1 aromatic carbocycles. The van der Waals surface area contributed by atoms with Gasteiger partial charge in [-0.1, -0.05) is 59.7 Å². The molecule has 1 atom stereocenters. The van der Waals surface area contributed by atoms with Gasteiger partial charge in [-0.3, -0.25) is 4.90 Å². The van der Waals surface area contributed by atoms with Gasteiger partial charge >= 0.3 is 9.95 Å². The van der Waals surface area contributed by atoms with Crippen LogP contribution in [0, 0.1) is 0 Å². The summed E-state index contributed by atoms with van der Waals surface area (Å²) in [4.78, 5) is 13.9. The van der Waals surface area contributed by atoms with Crippen LogP contribution in [-0.2, 0) is 0 Å². The summed E-state index contributed by atoms with van der Waals surface area (Å²) in [7, 11) is 0. The third-order valence-corrected chi connectivity index (χ3v) is 4.34. The average molecular weight is 407 g/mol. The minimum Gasteiger partial charge on any atom is -0.275 e. The van der Waals surface area contributed by atoms with E-state index >= 15 is 0 Å². The zero-order valence-electron chi connectivity index (χ0n) is 11.3. The van der Waals surface area contributed by atoms with E-state index in [0.29, 0.717) is 34.1 Å². The van der Waals surface area contributed by atoms with Gasteiger partial charge in [0.1, 0.15) is 6.17 Å². The Morgan fingerprint density at radius 2 is 1.91 bits per heavy atom. The Morgan fingerprint density at radius 3 is 2.41 bits per heavy atom. The second-order valence-corrected chi connectivity index (χ2v) is 8.21. The maximum atomic E-state index is 13.4. The van der Waals surface area contributed by atoms with Gasteiger partial charge in [-0.2, -0.15) is 14.2 Å². The Labute approximate surface area is 151 Å². The molecule has 4 nitrogen and oxygen atoms in total. The van der Waals surface area contributed by atoms with Gasteiger partial charge in [0.15, 0.2) is 0 Å². The van der Waals surface area contributed by atoms with Crippen LogP contribution in [0.4, 0.5) is 14.9 Å². The number of carbonyl (C=O) groups excluding carboxylic acids is 1. The van der Waals surface area contributed by atoms with E-state index < -0.39 is 9.95 Å². The maximum absolute atomic E-state index is 13.4. The van der Waals surface area contributed by atoms with Gasteiger partial charge in [0.25, 0.3) is 0 Å². The first-order valence-electron chi connectivity index (χ1n) is 6.32. The van der Waals surface area contributed by atoms with Gasteiger partial charge in [-0.05, 0) is 24.6 Å². The van der Waals surface area contributed by atoms with Crippen molar-refractivity contribution in [1.29, 1.82) is 0 Å². The third kappa shape index (κ3) is 4.46. The van der Waals surface area contributed by atoms with Crippen molar-refractivity contribution >= 4 is 70.1 Å². The van der Waals surface area contributed by atoms with Gasteiger partial charge < -0.3 is 0 Å². The van der Waals surface area contributed by atoms with E-state index in [0.717, 1.165) is 10.8 Å². The van der Waals surface area contributed by atoms with Crippen LogP contribution in [0.1, 0.15) is 19.8 Å². The van der Waals surface area contributed by atoms with Crippen molar-refractivity contribution in [3.05, 3.63) is 28.2 Å². The second-order valence-electron chi connectivity index (χ2n) is 4.55. The lowest BCUT2D eigenvalue weighted by Gasteiger charge is -2.22. The number of urea groups is 1. The molecule has 1 fully saturated rings. The Kier molecular flexibility index (Phi) is 5.96. The van der Waals surface area contributed by atoms with E-state index in [1.54, 1.807) is 18.2 Å². The first-order valence-corrected chi connectivity index (χ1v) is 8.61. The van der Waals surface area contributed by atoms with Gasteiger partial charge in [-0.25, -0.2) is 4.79 Å². The Morgan fingerprint density at radius 1 is 1.32 bits per heavy atom. The van der Waals surface area contributed by atoms with Crippen molar-refractivity contribution in [2.45, 2.75) is 29.9 Å². The number of hydrogen-bond acceptors (Lipinski definition) is 3. The molecule has 0 radical (unpaired) electrons. The molecule has 2 rings (SSSR count). The summed E-state index contributed by atoms with van der Waals surface area (Å²) in [5, 5.41) is 0.789. The molecule has 1 heterocycles. The molecule has 0 saturated carbocycles. The summed E-state index contributed by atoms with van der Waals surface area (Å²) in [6.07, 6.45) is 1.06. The minimum atomic E-state index is -2.62. The standard InChI is InChI=1S/C12H12Cl4FN3OS/c1-2-3-10-18-20(22-12(15,16)17)11(21)19(10)9-5-7(13)4-8(14)6-9/h4-6,10,18H,2-3H2,1H3. The molecule has 1 aliphatic rings. The fourth-order valence-electron chi connectivity index (χ4n) is 2.08. The van der Waals surface area contributed by atoms with Gasteiger partial charge in [0.05, 0.1) is 5.69 Å². The topological polar surface area (TPSA) is 35.6 Å². The molecule has 0 aromatic heterocycles. The van der Waals surface area contributed by atoms with Crippen LogP contribution < -0.4 is 10.3 Å². The number of hydrazine groups is 1. The predicted octanol–water partition coefficient (Wildman–Crippen LogP) is 5.57. The Bertz CT molecular complexity index is 552. The highest BCUT2D eigenvalue weighted by atomic mass is 35.5. The van der Waals surface area contributed by atoms with Crippen LogP contribution in [-0.4, -0.2) is 20.5 Å². The number of nitrogens with one attached hydrogen (secondary N) is 1. The molecule has 0 bridgehead atoms. The highest BCUT2D eigenvalue weighted by Gasteiger charge is 2.42. The summed E-state index contributed by atoms with van der Waals surface area (Å²) < 4.78 is 11.7. The minimum absolute atomic E-state index is 0.338. The summed E-state index contributed by atoms with van der Waals surface area (Å²) in [6, 6.07) is 4.26. The second kappa shape index (κ2) is 7.20. The zero-order chi connectivity index (χ0) is 16.5. The summed E-state index contributed by atoms with van der Waals surface area (Å²) in [5.41, 5.74) is 3.37. The first-order chi connectivity index (χ1) is 10.2. The van der Waals surface area contributed by atoms with E-state index in [2.05, 4.69) is 5.43 Å². The molecule has 1 N–H and O–H groups in total. The fourth-order valence-corrected chi connectivity index (χ4v) is 3.56. The lowest BCUT2D eigenvalue weighted by atomic mass is 10.2. The quantitative estimate of drug-likeness (QED) is 0.512. The molecule has 1 saturated heterocycles. The average Bonchev–Trinajstić information content (AvgIpc) is 2.63. The van der Waals surface area contributed by atoms with Crippen LogP contribution in [0.2, 0.25) is 10.0 Å². The van der Waals surface area contributed by atoms with Crippen LogP contribution >= 0.6 is 58.4 Å². The van der Waals surface area contributed by atoms with Crippen molar-refractivity contribution in [3.63, 3.8) is 0 Å². The Balaban J connectivity index is 2.32. The molecule has 10 heteroatoms. The lowest BCUT2D eigenvalue weighted by molar-refractivity contribution is 0.235. The fraction of sp³-hybridized carbons (Fsp3) is 0.417. The van der Waals surface area contributed by atoms with E-state index in [1.807, 2.05) is 6.92 Å². The number of alkyl halides is 3. The smallest absolute Gasteiger partial charge is 0.275 e. The van der Waals surface area contributed by atoms with Gasteiger partial charge in [0, 0.05) is 22.0 Å². The highest BCUT2D eigenvalue weighted by Crippen LogP contribution is 2.41. The summed E-state index contributed by atoms with van der Waals surface area (Å²) in [5.74, 6) is 0. The zero-order valence-corrected chi connectivity index (χ0v) is 15.2. The van der Waals surface area contributed by atoms with Crippen LogP contribution in [0.15, 0.2) is 18.2 Å². The van der Waals surface area contributed by atoms with Gasteiger partial charge in [-0.15, -0.1) is 0 Å². The van der Waals surface area contributed by atoms with Crippen molar-refractivity contribution < 1.29 is 9.18 Å². The van der Waals surface area contributed by atoms with Crippen LogP contribution in [0.25, 0.3) is 0 Å². The number of carbonyl (C=O) groups is 1. The SMILES string of the molecule is CCCC1NN(SC(F)(Cl)Cl)C(=O)N1c1cc(Cl)cc(Cl)c1. The number of halogens is 5. The number of amides is 2. The predicted molar refractivity (Wildman–Crippen MR) is 91.1 cm³/mol. The molecule has 0 aliphatic carbocycles. The van der Waals surface area contributed by atoms with Gasteiger partial charge in [0.2, 0.25) is 0 Å². The van der Waals surface area contributed by atoms with E-state index in [1.165, 1.54) is 4.90 Å². The van der Waals surface area contributed by atoms with Crippen LogP contribution in [0.3, 0.4) is 0 Å². The van der Waals surface area contributed by atoms with E-state index in [9.17, 15) is 9.18 Å². The van der Waals surface area contributed by atoms with Crippen molar-refractivity contribution in [1.82, 2.24) is 9.84 Å². The molecule has 2 amide bonds. The van der Waals surface area contributed by atoms with Crippen molar-refractivity contribution in [3.8, 4) is 0 Å². The van der Waals surface area contributed by atoms with Crippen molar-refractivity contribution in [2.24, 2.45) is 0 Å². The molecular weight excluding hydrogens is 395 g/mol. The van der Waals surface area contributed by atoms with E-state index in [4.69, 9.17) is 46.4 Å². The molecule has 22 heavy (non-hydrogen) atoms. The third-order valence-electron chi connectivity index (χ3n) is 2.84. The van der Waals surface area contributed by atoms with Crippen molar-refractivity contribution in [2.75, 3.05) is 4.90 Å². The summed E-state index contributed by atoms with van der Waals surface area (Å²) >= 11 is 22.9. The largest absolute Gasteiger partial charge is 0.350 e. The van der Waals surface area contributed by atoms with E-state index in [-0.39, 0.29) is 6.17 Å². The molecule has 1 aromatic rings. The highest BCUT2D eigenvalue weighted by molar-refractivity contribution is 8.01. The molecular formula is C12H12Cl4FN3OS. The molecule has 1 aliphatic heterocycles. The first kappa shape index (κ1) is 18.2. The van der Waals surface area contributed by atoms with Crippen LogP contribution in [0.5, 0.6) is 0 Å². The normalized spacial score (nSPS) is 19.2. The number of hydrogen-bond donors (Lipinski definition) is 1. The summed E-state index contributed by atoms with van der Waals surface area (Å²) in [6.45, 7) is 1.97.